The number of nitrogens with zero attached hydrogens (tertiary/aromatic N) is 2. The van der Waals surface area contributed by atoms with Gasteiger partial charge >= 0.3 is 5.97 Å². The highest BCUT2D eigenvalue weighted by Gasteiger charge is 2.36. The minimum atomic E-state index is -1.09. The molecule has 0 saturated carbocycles. The molecule has 3 amide bonds. The van der Waals surface area contributed by atoms with Crippen LogP contribution in [-0.4, -0.2) is 58.4 Å². The summed E-state index contributed by atoms with van der Waals surface area (Å²) in [5.74, 6) is -2.03. The maximum Gasteiger partial charge on any atom is 0.316 e. The smallest absolute Gasteiger partial charge is 0.316 e. The Balaban J connectivity index is 1.70. The molecule has 40 heavy (non-hydrogen) atoms. The maximum atomic E-state index is 13.2. The van der Waals surface area contributed by atoms with Crippen LogP contribution in [0.4, 0.5) is 0 Å². The van der Waals surface area contributed by atoms with Crippen molar-refractivity contribution < 1.29 is 23.9 Å². The fourth-order valence-electron chi connectivity index (χ4n) is 4.78. The largest absolute Gasteiger partial charge is 0.451 e. The van der Waals surface area contributed by atoms with Crippen molar-refractivity contribution in [2.75, 3.05) is 6.54 Å². The number of hydrazine groups is 1. The molecule has 1 aromatic heterocycles. The molecule has 214 valence electrons. The van der Waals surface area contributed by atoms with Crippen molar-refractivity contribution in [1.82, 2.24) is 26.1 Å². The van der Waals surface area contributed by atoms with Crippen LogP contribution in [0.2, 0.25) is 0 Å². The summed E-state index contributed by atoms with van der Waals surface area (Å²) in [7, 11) is 0. The number of aromatic nitrogens is 1. The molecule has 5 bridgehead atoms. The molecule has 0 aliphatic carbocycles. The Bertz CT molecular complexity index is 1340. The van der Waals surface area contributed by atoms with E-state index in [2.05, 4.69) is 21.0 Å². The zero-order chi connectivity index (χ0) is 29.2. The Morgan fingerprint density at radius 1 is 1.00 bits per heavy atom. The van der Waals surface area contributed by atoms with E-state index < -0.39 is 35.5 Å². The summed E-state index contributed by atoms with van der Waals surface area (Å²) in [6.07, 6.45) is 5.35. The number of fused-ring (bicyclic) bond motifs is 4. The molecule has 2 aliphatic rings. The molecule has 0 radical (unpaired) electrons. The van der Waals surface area contributed by atoms with Crippen molar-refractivity contribution in [2.24, 2.45) is 11.3 Å². The standard InChI is InChI=1S/C30H39N5O5/c1-17(2)25-27(37)33-19(4)28(38)35-13-7-8-24(34-35)26(36)32-18(3)20-9-10-21-16-31-23(15-22(21)14-20)11-12-30(5,6)29(39)40-25/h9-12,14-19,24-25,34H,7-8,13H2,1-6H3,(H,32,36)(H,33,37). The zero-order valence-corrected chi connectivity index (χ0v) is 24.0. The normalized spacial score (nSPS) is 26.4. The summed E-state index contributed by atoms with van der Waals surface area (Å²) in [5.41, 5.74) is 3.57. The van der Waals surface area contributed by atoms with E-state index in [9.17, 15) is 19.2 Å². The van der Waals surface area contributed by atoms with Gasteiger partial charge in [0.2, 0.25) is 5.91 Å². The van der Waals surface area contributed by atoms with E-state index in [1.165, 1.54) is 5.01 Å². The summed E-state index contributed by atoms with van der Waals surface area (Å²) >= 11 is 0. The van der Waals surface area contributed by atoms with E-state index in [1.54, 1.807) is 53.0 Å². The van der Waals surface area contributed by atoms with Gasteiger partial charge in [-0.1, -0.05) is 32.1 Å². The molecule has 10 heteroatoms. The highest BCUT2D eigenvalue weighted by atomic mass is 16.5. The van der Waals surface area contributed by atoms with Crippen molar-refractivity contribution in [3.63, 3.8) is 0 Å². The van der Waals surface area contributed by atoms with Gasteiger partial charge in [0.25, 0.3) is 11.8 Å². The van der Waals surface area contributed by atoms with E-state index in [-0.39, 0.29) is 23.8 Å². The molecule has 3 N–H and O–H groups in total. The van der Waals surface area contributed by atoms with Crippen LogP contribution >= 0.6 is 0 Å². The lowest BCUT2D eigenvalue weighted by molar-refractivity contribution is -0.165. The second-order valence-corrected chi connectivity index (χ2v) is 11.6. The SMILES string of the molecule is CC1NC(=O)C(C(C)C)OC(=O)C(C)(C)C=Cc2cc3cc(ccc3cn2)C(C)NC(=O)C2CCCN(N2)C1=O. The number of carbonyl (C=O) groups excluding carboxylic acids is 4. The number of carbonyl (C=O) groups is 4. The monoisotopic (exact) mass is 549 g/mol. The highest BCUT2D eigenvalue weighted by molar-refractivity contribution is 5.91. The predicted octanol–water partition coefficient (Wildman–Crippen LogP) is 3.03. The number of hydrogen-bond acceptors (Lipinski definition) is 7. The first-order valence-electron chi connectivity index (χ1n) is 13.8. The topological polar surface area (TPSA) is 130 Å². The highest BCUT2D eigenvalue weighted by Crippen LogP contribution is 2.25. The second kappa shape index (κ2) is 11.8. The van der Waals surface area contributed by atoms with Crippen molar-refractivity contribution in [2.45, 2.75) is 78.6 Å². The molecular formula is C30H39N5O5. The number of hydrogen-bond donors (Lipinski definition) is 3. The van der Waals surface area contributed by atoms with Crippen LogP contribution in [0.15, 0.2) is 36.5 Å². The van der Waals surface area contributed by atoms with Crippen LogP contribution in [0.1, 0.15) is 71.7 Å². The minimum Gasteiger partial charge on any atom is -0.451 e. The maximum absolute atomic E-state index is 13.2. The molecule has 1 saturated heterocycles. The van der Waals surface area contributed by atoms with E-state index in [1.807, 2.05) is 31.2 Å². The minimum absolute atomic E-state index is 0.208. The van der Waals surface area contributed by atoms with Gasteiger partial charge in [-0.05, 0) is 75.6 Å². The predicted molar refractivity (Wildman–Crippen MR) is 151 cm³/mol. The van der Waals surface area contributed by atoms with Crippen molar-refractivity contribution in [3.05, 3.63) is 47.8 Å². The number of ether oxygens (including phenoxy) is 1. The van der Waals surface area contributed by atoms with Crippen molar-refractivity contribution in [1.29, 1.82) is 0 Å². The molecule has 1 aromatic carbocycles. The lowest BCUT2D eigenvalue weighted by Crippen LogP contribution is -2.61. The van der Waals surface area contributed by atoms with E-state index in [4.69, 9.17) is 4.74 Å². The molecule has 4 unspecified atom stereocenters. The van der Waals surface area contributed by atoms with E-state index >= 15 is 0 Å². The van der Waals surface area contributed by atoms with Crippen LogP contribution in [0.3, 0.4) is 0 Å². The average molecular weight is 550 g/mol. The summed E-state index contributed by atoms with van der Waals surface area (Å²) in [6.45, 7) is 10.9. The van der Waals surface area contributed by atoms with Crippen LogP contribution in [-0.2, 0) is 23.9 Å². The first-order valence-corrected chi connectivity index (χ1v) is 13.8. The van der Waals surface area contributed by atoms with Crippen LogP contribution in [0.5, 0.6) is 0 Å². The third kappa shape index (κ3) is 6.50. The van der Waals surface area contributed by atoms with Crippen molar-refractivity contribution >= 4 is 40.5 Å². The Morgan fingerprint density at radius 2 is 1.73 bits per heavy atom. The number of benzene rings is 1. The van der Waals surface area contributed by atoms with Crippen molar-refractivity contribution in [3.8, 4) is 0 Å². The molecule has 4 atom stereocenters. The Labute approximate surface area is 234 Å². The number of amides is 3. The van der Waals surface area contributed by atoms with E-state index in [0.717, 1.165) is 16.3 Å². The summed E-state index contributed by atoms with van der Waals surface area (Å²) in [6, 6.07) is 6.09. The third-order valence-electron chi connectivity index (χ3n) is 7.42. The fraction of sp³-hybridized carbons (Fsp3) is 0.500. The zero-order valence-electron chi connectivity index (χ0n) is 24.0. The van der Waals surface area contributed by atoms with Gasteiger partial charge in [0.15, 0.2) is 6.10 Å². The molecule has 2 aromatic rings. The third-order valence-corrected chi connectivity index (χ3v) is 7.42. The quantitative estimate of drug-likeness (QED) is 0.466. The molecule has 1 fully saturated rings. The molecule has 0 spiro atoms. The van der Waals surface area contributed by atoms with Gasteiger partial charge in [0, 0.05) is 18.1 Å². The molecular weight excluding hydrogens is 510 g/mol. The van der Waals surface area contributed by atoms with Gasteiger partial charge in [-0.15, -0.1) is 0 Å². The number of pyridine rings is 1. The van der Waals surface area contributed by atoms with Gasteiger partial charge in [0.1, 0.15) is 12.1 Å². The average Bonchev–Trinajstić information content (AvgIpc) is 2.92. The Morgan fingerprint density at radius 3 is 2.45 bits per heavy atom. The van der Waals surface area contributed by atoms with E-state index in [0.29, 0.717) is 25.1 Å². The van der Waals surface area contributed by atoms with Gasteiger partial charge in [0.05, 0.1) is 17.2 Å². The summed E-state index contributed by atoms with van der Waals surface area (Å²) in [5, 5.41) is 9.03. The van der Waals surface area contributed by atoms with Crippen LogP contribution < -0.4 is 16.1 Å². The van der Waals surface area contributed by atoms with Gasteiger partial charge in [-0.25, -0.2) is 5.43 Å². The second-order valence-electron chi connectivity index (χ2n) is 11.6. The van der Waals surface area contributed by atoms with Crippen LogP contribution in [0, 0.1) is 11.3 Å². The molecule has 2 aliphatic heterocycles. The Hall–Kier alpha value is -3.79. The Kier molecular flexibility index (Phi) is 8.58. The molecule has 4 rings (SSSR count). The lowest BCUT2D eigenvalue weighted by atomic mass is 9.92. The summed E-state index contributed by atoms with van der Waals surface area (Å²) < 4.78 is 5.69. The fourth-order valence-corrected chi connectivity index (χ4v) is 4.78. The van der Waals surface area contributed by atoms with Gasteiger partial charge in [-0.3, -0.25) is 29.2 Å². The molecule has 10 nitrogen and oxygen atoms in total. The first kappa shape index (κ1) is 29.2. The lowest BCUT2D eigenvalue weighted by Gasteiger charge is -2.35. The number of rotatable bonds is 1. The van der Waals surface area contributed by atoms with Gasteiger partial charge < -0.3 is 15.4 Å². The number of esters is 1. The number of cyclic esters (lactones) is 1. The summed E-state index contributed by atoms with van der Waals surface area (Å²) in [4.78, 5) is 57.2. The first-order chi connectivity index (χ1) is 18.9. The van der Waals surface area contributed by atoms with Crippen LogP contribution in [0.25, 0.3) is 16.8 Å². The number of nitrogens with one attached hydrogen (secondary N) is 3. The van der Waals surface area contributed by atoms with Gasteiger partial charge in [-0.2, -0.15) is 0 Å². The molecule has 3 heterocycles.